The third kappa shape index (κ3) is 8.90. The van der Waals surface area contributed by atoms with Gasteiger partial charge in [-0.25, -0.2) is 4.98 Å². The SMILES string of the molecule is Cc1c(-c2ccccc2)sc2cc3c(cc12)c1ccc[c-]c1n3-c1cc(C(C)(C)C)cc(-c2cccc3c2N=C(c2cc(C(C)(C)C)cc(C(C)(C)C)c2O)B3c2ccc(C(C)(C)C)cc2-c2ccccc2)n1.[Pt]. The first-order valence-electron chi connectivity index (χ1n) is 25.8. The molecule has 1 aliphatic heterocycles. The first kappa shape index (κ1) is 51.2. The summed E-state index contributed by atoms with van der Waals surface area (Å²) in [6, 6.07) is 58.8. The first-order chi connectivity index (χ1) is 34.6. The molecule has 4 nitrogen and oxygen atoms in total. The number of phenolic OH excluding ortho intramolecular Hbond substituents is 1. The van der Waals surface area contributed by atoms with Gasteiger partial charge in [0.15, 0.2) is 0 Å². The Morgan fingerprint density at radius 2 is 1.20 bits per heavy atom. The Hall–Kier alpha value is -6.33. The largest absolute Gasteiger partial charge is 0.507 e. The predicted octanol–water partition coefficient (Wildman–Crippen LogP) is 16.7. The standard InChI is InChI=1S/C67H65BN3OS.Pt/c1-40-48-38-50-46-27-20-21-30-56(46)71(57(50)39-58(48)73-62(40)42-25-18-15-19-26-42)59-37-45(66(8,9)10)36-55(69-59)47-28-22-29-54-60(47)70-63(51-34-44(65(5,6)7)35-52(61(51)72)67(11,12)13)68(54)53-32-31-43(64(2,3)4)33-49(53)41-23-16-14-17-24-41;/h14-29,31-39,72H,1-13H3;/q-1;. The summed E-state index contributed by atoms with van der Waals surface area (Å²) in [7, 11) is 0. The molecule has 3 aromatic heterocycles. The number of phenols is 1. The molecule has 0 atom stereocenters. The van der Waals surface area contributed by atoms with E-state index in [0.29, 0.717) is 0 Å². The van der Waals surface area contributed by atoms with E-state index < -0.39 is 0 Å². The summed E-state index contributed by atoms with van der Waals surface area (Å²) in [4.78, 5) is 12.9. The van der Waals surface area contributed by atoms with Crippen LogP contribution in [0, 0.1) is 13.0 Å². The van der Waals surface area contributed by atoms with Gasteiger partial charge in [-0.05, 0) is 108 Å². The van der Waals surface area contributed by atoms with Gasteiger partial charge in [-0.15, -0.1) is 16.7 Å². The van der Waals surface area contributed by atoms with Gasteiger partial charge in [-0.1, -0.05) is 203 Å². The van der Waals surface area contributed by atoms with Gasteiger partial charge in [0, 0.05) is 58.5 Å². The van der Waals surface area contributed by atoms with Crippen LogP contribution in [-0.2, 0) is 42.7 Å². The third-order valence-corrected chi connectivity index (χ3v) is 16.4. The van der Waals surface area contributed by atoms with Crippen molar-refractivity contribution in [2.45, 2.75) is 112 Å². The maximum Gasteiger partial charge on any atom is 0.269 e. The van der Waals surface area contributed by atoms with E-state index in [4.69, 9.17) is 9.98 Å². The molecule has 0 bridgehead atoms. The number of rotatable bonds is 6. The molecule has 0 unspecified atom stereocenters. The van der Waals surface area contributed by atoms with Crippen LogP contribution in [-0.4, -0.2) is 27.0 Å². The molecule has 0 saturated heterocycles. The van der Waals surface area contributed by atoms with Crippen LogP contribution in [0.15, 0.2) is 157 Å². The minimum Gasteiger partial charge on any atom is -0.507 e. The first-order valence-corrected chi connectivity index (χ1v) is 26.6. The van der Waals surface area contributed by atoms with Gasteiger partial charge < -0.3 is 9.67 Å². The molecule has 0 fully saturated rings. The number of hydrogen-bond acceptors (Lipinski definition) is 4. The van der Waals surface area contributed by atoms with Gasteiger partial charge in [0.05, 0.1) is 11.4 Å². The molecule has 0 aliphatic carbocycles. The van der Waals surface area contributed by atoms with Crippen molar-refractivity contribution in [1.82, 2.24) is 9.55 Å². The van der Waals surface area contributed by atoms with E-state index in [9.17, 15) is 5.11 Å². The number of nitrogens with zero attached hydrogens (tertiary/aromatic N) is 3. The number of para-hydroxylation sites is 2. The van der Waals surface area contributed by atoms with Crippen LogP contribution in [0.2, 0.25) is 0 Å². The van der Waals surface area contributed by atoms with E-state index in [1.807, 2.05) is 17.4 Å². The van der Waals surface area contributed by atoms with Crippen LogP contribution in [0.1, 0.15) is 116 Å². The Morgan fingerprint density at radius 1 is 0.554 bits per heavy atom. The van der Waals surface area contributed by atoms with Crippen molar-refractivity contribution in [2.24, 2.45) is 4.99 Å². The molecule has 0 radical (unpaired) electrons. The Morgan fingerprint density at radius 3 is 1.86 bits per heavy atom. The van der Waals surface area contributed by atoms with Crippen molar-refractivity contribution in [3.63, 3.8) is 0 Å². The molecule has 11 rings (SSSR count). The number of benzene rings is 7. The van der Waals surface area contributed by atoms with Gasteiger partial charge >= 0.3 is 0 Å². The average molecular weight is 1170 g/mol. The molecule has 1 aliphatic rings. The normalized spacial score (nSPS) is 13.2. The summed E-state index contributed by atoms with van der Waals surface area (Å²) in [5, 5.41) is 16.3. The molecule has 0 spiro atoms. The van der Waals surface area contributed by atoms with Gasteiger partial charge in [0.2, 0.25) is 0 Å². The molecule has 0 amide bonds. The second-order valence-electron chi connectivity index (χ2n) is 24.4. The molecule has 1 N–H and O–H groups in total. The van der Waals surface area contributed by atoms with Crippen LogP contribution in [0.3, 0.4) is 0 Å². The fraction of sp³-hybridized carbons (Fsp3) is 0.254. The van der Waals surface area contributed by atoms with E-state index in [-0.39, 0.29) is 55.2 Å². The Kier molecular flexibility index (Phi) is 12.8. The van der Waals surface area contributed by atoms with Gasteiger partial charge in [-0.2, -0.15) is 24.3 Å². The molecular weight excluding hydrogens is 1100 g/mol. The molecular formula is C67H65BN3OPtS-. The second-order valence-corrected chi connectivity index (χ2v) is 25.5. The van der Waals surface area contributed by atoms with Crippen LogP contribution in [0.25, 0.3) is 70.5 Å². The van der Waals surface area contributed by atoms with Gasteiger partial charge in [0.25, 0.3) is 6.71 Å². The van der Waals surface area contributed by atoms with E-state index in [1.165, 1.54) is 42.6 Å². The number of fused-ring (bicyclic) bond motifs is 5. The minimum absolute atomic E-state index is 0. The Balaban J connectivity index is 0.00000626. The Bertz CT molecular complexity index is 3860. The summed E-state index contributed by atoms with van der Waals surface area (Å²) in [6.07, 6.45) is 0. The smallest absolute Gasteiger partial charge is 0.269 e. The molecule has 10 aromatic rings. The quantitative estimate of drug-likeness (QED) is 0.133. The summed E-state index contributed by atoms with van der Waals surface area (Å²) < 4.78 is 3.57. The summed E-state index contributed by atoms with van der Waals surface area (Å²) in [5.41, 5.74) is 17.2. The zero-order valence-electron chi connectivity index (χ0n) is 45.0. The topological polar surface area (TPSA) is 50.4 Å². The Labute approximate surface area is 457 Å². The summed E-state index contributed by atoms with van der Waals surface area (Å²) >= 11 is 1.85. The van der Waals surface area contributed by atoms with Crippen molar-refractivity contribution >= 4 is 72.2 Å². The maximum atomic E-state index is 12.7. The molecule has 374 valence electrons. The van der Waals surface area contributed by atoms with Gasteiger partial charge in [-0.3, -0.25) is 4.99 Å². The molecule has 0 saturated carbocycles. The van der Waals surface area contributed by atoms with Crippen molar-refractivity contribution in [3.05, 3.63) is 191 Å². The van der Waals surface area contributed by atoms with E-state index >= 15 is 0 Å². The van der Waals surface area contributed by atoms with Crippen molar-refractivity contribution < 1.29 is 26.2 Å². The molecule has 7 aromatic carbocycles. The van der Waals surface area contributed by atoms with E-state index in [2.05, 4.69) is 246 Å². The van der Waals surface area contributed by atoms with Crippen LogP contribution in [0.5, 0.6) is 5.75 Å². The third-order valence-electron chi connectivity index (χ3n) is 15.1. The summed E-state index contributed by atoms with van der Waals surface area (Å²) in [6.45, 7) is 28.9. The maximum absolute atomic E-state index is 12.7. The fourth-order valence-corrected chi connectivity index (χ4v) is 12.1. The number of hydrogen-bond donors (Lipinski definition) is 1. The van der Waals surface area contributed by atoms with Gasteiger partial charge in [0.1, 0.15) is 11.6 Å². The number of aromatic nitrogens is 2. The molecule has 74 heavy (non-hydrogen) atoms. The number of aromatic hydroxyl groups is 1. The summed E-state index contributed by atoms with van der Waals surface area (Å²) in [5.74, 6) is 1.13. The predicted molar refractivity (Wildman–Crippen MR) is 314 cm³/mol. The monoisotopic (exact) mass is 1170 g/mol. The van der Waals surface area contributed by atoms with Crippen molar-refractivity contribution in [1.29, 1.82) is 0 Å². The zero-order valence-corrected chi connectivity index (χ0v) is 48.1. The number of aliphatic imine (C=N–C) groups is 1. The fourth-order valence-electron chi connectivity index (χ4n) is 10.9. The van der Waals surface area contributed by atoms with Crippen LogP contribution < -0.4 is 10.9 Å². The van der Waals surface area contributed by atoms with E-state index in [1.54, 1.807) is 0 Å². The second kappa shape index (κ2) is 18.5. The van der Waals surface area contributed by atoms with Crippen molar-refractivity contribution in [3.8, 4) is 44.4 Å². The minimum atomic E-state index is -0.327. The van der Waals surface area contributed by atoms with Crippen LogP contribution in [0.4, 0.5) is 5.69 Å². The average Bonchev–Trinajstić information content (AvgIpc) is 4.01. The number of thiophene rings is 1. The van der Waals surface area contributed by atoms with Crippen LogP contribution >= 0.6 is 11.3 Å². The zero-order chi connectivity index (χ0) is 51.5. The molecule has 7 heteroatoms. The number of aryl methyl sites for hydroxylation is 1. The number of pyridine rings is 1. The van der Waals surface area contributed by atoms with Crippen molar-refractivity contribution in [2.75, 3.05) is 0 Å². The molecule has 4 heterocycles. The van der Waals surface area contributed by atoms with E-state index in [0.717, 1.165) is 83.5 Å².